The van der Waals surface area contributed by atoms with Gasteiger partial charge >= 0.3 is 0 Å². The zero-order valence-electron chi connectivity index (χ0n) is 11.5. The van der Waals surface area contributed by atoms with Crippen LogP contribution in [-0.2, 0) is 13.0 Å². The van der Waals surface area contributed by atoms with Crippen LogP contribution >= 0.6 is 22.9 Å². The molecule has 0 amide bonds. The Morgan fingerprint density at radius 2 is 1.95 bits per heavy atom. The summed E-state index contributed by atoms with van der Waals surface area (Å²) in [4.78, 5) is 6.14. The topological polar surface area (TPSA) is 24.9 Å². The molecule has 0 aliphatic heterocycles. The normalized spacial score (nSPS) is 11.2. The third-order valence-electron chi connectivity index (χ3n) is 2.92. The van der Waals surface area contributed by atoms with Crippen LogP contribution in [0.4, 0.5) is 0 Å². The maximum Gasteiger partial charge on any atom is 0.0975 e. The molecule has 1 N–H and O–H groups in total. The van der Waals surface area contributed by atoms with E-state index in [1.165, 1.54) is 21.1 Å². The molecular weight excluding hydrogens is 276 g/mol. The second kappa shape index (κ2) is 6.51. The van der Waals surface area contributed by atoms with Gasteiger partial charge in [-0.2, -0.15) is 0 Å². The predicted molar refractivity (Wildman–Crippen MR) is 83.2 cm³/mol. The van der Waals surface area contributed by atoms with Gasteiger partial charge in [-0.25, -0.2) is 4.98 Å². The molecule has 0 saturated heterocycles. The first-order valence-electron chi connectivity index (χ1n) is 6.47. The maximum absolute atomic E-state index is 5.91. The van der Waals surface area contributed by atoms with Crippen LogP contribution in [0.3, 0.4) is 0 Å². The lowest BCUT2D eigenvalue weighted by atomic mass is 10.1. The Kier molecular flexibility index (Phi) is 4.97. The van der Waals surface area contributed by atoms with Crippen molar-refractivity contribution in [3.63, 3.8) is 0 Å². The van der Waals surface area contributed by atoms with Gasteiger partial charge in [-0.3, -0.25) is 0 Å². The smallest absolute Gasteiger partial charge is 0.0975 e. The Morgan fingerprint density at radius 3 is 2.53 bits per heavy atom. The van der Waals surface area contributed by atoms with Gasteiger partial charge in [-0.05, 0) is 30.7 Å². The summed E-state index contributed by atoms with van der Waals surface area (Å²) in [6, 6.07) is 8.00. The van der Waals surface area contributed by atoms with Gasteiger partial charge in [-0.15, -0.1) is 11.3 Å². The minimum atomic E-state index is 0.471. The molecule has 19 heavy (non-hydrogen) atoms. The number of halogens is 1. The SMILES string of the molecule is CNCc1sc(Cc2ccc(Cl)cc2)nc1C(C)C. The van der Waals surface area contributed by atoms with Gasteiger partial charge in [-0.1, -0.05) is 37.6 Å². The fourth-order valence-corrected chi connectivity index (χ4v) is 3.40. The van der Waals surface area contributed by atoms with Gasteiger partial charge in [0.1, 0.15) is 0 Å². The maximum atomic E-state index is 5.91. The van der Waals surface area contributed by atoms with Gasteiger partial charge in [0.15, 0.2) is 0 Å². The Hall–Kier alpha value is -0.900. The average molecular weight is 295 g/mol. The van der Waals surface area contributed by atoms with E-state index in [0.717, 1.165) is 18.0 Å². The van der Waals surface area contributed by atoms with Crippen LogP contribution in [0.5, 0.6) is 0 Å². The molecule has 0 bridgehead atoms. The zero-order chi connectivity index (χ0) is 13.8. The molecule has 0 spiro atoms. The van der Waals surface area contributed by atoms with E-state index in [-0.39, 0.29) is 0 Å². The van der Waals surface area contributed by atoms with Crippen LogP contribution in [0, 0.1) is 0 Å². The van der Waals surface area contributed by atoms with E-state index in [1.54, 1.807) is 11.3 Å². The first-order chi connectivity index (χ1) is 9.10. The lowest BCUT2D eigenvalue weighted by Crippen LogP contribution is -2.06. The molecule has 0 aliphatic rings. The molecule has 2 nitrogen and oxygen atoms in total. The van der Waals surface area contributed by atoms with Crippen LogP contribution in [-0.4, -0.2) is 12.0 Å². The quantitative estimate of drug-likeness (QED) is 0.892. The predicted octanol–water partition coefficient (Wildman–Crippen LogP) is 4.23. The number of rotatable bonds is 5. The van der Waals surface area contributed by atoms with Crippen molar-refractivity contribution in [2.45, 2.75) is 32.7 Å². The standard InChI is InChI=1S/C15H19ClN2S/c1-10(2)15-13(9-17-3)19-14(18-15)8-11-4-6-12(16)7-5-11/h4-7,10,17H,8-9H2,1-3H3. The van der Waals surface area contributed by atoms with Gasteiger partial charge in [0.2, 0.25) is 0 Å². The molecule has 0 fully saturated rings. The molecule has 0 unspecified atom stereocenters. The lowest BCUT2D eigenvalue weighted by Gasteiger charge is -2.03. The number of nitrogens with zero attached hydrogens (tertiary/aromatic N) is 1. The molecule has 0 saturated carbocycles. The first-order valence-corrected chi connectivity index (χ1v) is 7.67. The van der Waals surface area contributed by atoms with E-state index in [9.17, 15) is 0 Å². The molecule has 2 aromatic rings. The van der Waals surface area contributed by atoms with E-state index in [2.05, 4.69) is 31.3 Å². The van der Waals surface area contributed by atoms with Crippen LogP contribution in [0.1, 0.15) is 40.9 Å². The van der Waals surface area contributed by atoms with Crippen molar-refractivity contribution in [2.75, 3.05) is 7.05 Å². The van der Waals surface area contributed by atoms with Crippen molar-refractivity contribution in [2.24, 2.45) is 0 Å². The van der Waals surface area contributed by atoms with Crippen molar-refractivity contribution in [1.82, 2.24) is 10.3 Å². The number of hydrogen-bond donors (Lipinski definition) is 1. The monoisotopic (exact) mass is 294 g/mol. The van der Waals surface area contributed by atoms with Crippen LogP contribution in [0.15, 0.2) is 24.3 Å². The van der Waals surface area contributed by atoms with E-state index in [1.807, 2.05) is 19.2 Å². The van der Waals surface area contributed by atoms with Crippen molar-refractivity contribution in [1.29, 1.82) is 0 Å². The molecule has 0 aliphatic carbocycles. The van der Waals surface area contributed by atoms with Crippen molar-refractivity contribution in [3.05, 3.63) is 50.4 Å². The minimum absolute atomic E-state index is 0.471. The highest BCUT2D eigenvalue weighted by atomic mass is 35.5. The average Bonchev–Trinajstić information content (AvgIpc) is 2.76. The summed E-state index contributed by atoms with van der Waals surface area (Å²) in [5.41, 5.74) is 2.48. The van der Waals surface area contributed by atoms with Crippen molar-refractivity contribution < 1.29 is 0 Å². The highest BCUT2D eigenvalue weighted by Gasteiger charge is 2.13. The second-order valence-corrected chi connectivity index (χ2v) is 6.51. The third-order valence-corrected chi connectivity index (χ3v) is 4.25. The number of benzene rings is 1. The fraction of sp³-hybridized carbons (Fsp3) is 0.400. The second-order valence-electron chi connectivity index (χ2n) is 4.90. The van der Waals surface area contributed by atoms with Gasteiger partial charge < -0.3 is 5.32 Å². The summed E-state index contributed by atoms with van der Waals surface area (Å²) in [7, 11) is 1.97. The zero-order valence-corrected chi connectivity index (χ0v) is 13.1. The molecule has 0 radical (unpaired) electrons. The lowest BCUT2D eigenvalue weighted by molar-refractivity contribution is 0.768. The highest BCUT2D eigenvalue weighted by Crippen LogP contribution is 2.26. The Morgan fingerprint density at radius 1 is 1.26 bits per heavy atom. The molecule has 2 rings (SSSR count). The van der Waals surface area contributed by atoms with E-state index in [4.69, 9.17) is 16.6 Å². The Labute approximate surface area is 123 Å². The number of nitrogens with one attached hydrogen (secondary N) is 1. The summed E-state index contributed by atoms with van der Waals surface area (Å²) in [5.74, 6) is 0.471. The highest BCUT2D eigenvalue weighted by molar-refractivity contribution is 7.11. The van der Waals surface area contributed by atoms with Crippen molar-refractivity contribution in [3.8, 4) is 0 Å². The van der Waals surface area contributed by atoms with Crippen LogP contribution < -0.4 is 5.32 Å². The van der Waals surface area contributed by atoms with Crippen molar-refractivity contribution >= 4 is 22.9 Å². The Balaban J connectivity index is 2.20. The number of hydrogen-bond acceptors (Lipinski definition) is 3. The number of aromatic nitrogens is 1. The van der Waals surface area contributed by atoms with Gasteiger partial charge in [0.05, 0.1) is 10.7 Å². The molecule has 4 heteroatoms. The van der Waals surface area contributed by atoms with Crippen LogP contribution in [0.2, 0.25) is 5.02 Å². The van der Waals surface area contributed by atoms with E-state index >= 15 is 0 Å². The van der Waals surface area contributed by atoms with Gasteiger partial charge in [0, 0.05) is 22.9 Å². The molecule has 1 heterocycles. The first kappa shape index (κ1) is 14.5. The molecule has 1 aromatic heterocycles. The molecular formula is C15H19ClN2S. The van der Waals surface area contributed by atoms with E-state index in [0.29, 0.717) is 5.92 Å². The summed E-state index contributed by atoms with van der Waals surface area (Å²) in [5, 5.41) is 5.17. The molecule has 102 valence electrons. The minimum Gasteiger partial charge on any atom is -0.315 e. The number of thiazole rings is 1. The Bertz CT molecular complexity index is 532. The largest absolute Gasteiger partial charge is 0.315 e. The van der Waals surface area contributed by atoms with Crippen LogP contribution in [0.25, 0.3) is 0 Å². The van der Waals surface area contributed by atoms with Gasteiger partial charge in [0.25, 0.3) is 0 Å². The summed E-state index contributed by atoms with van der Waals surface area (Å²) < 4.78 is 0. The van der Waals surface area contributed by atoms with E-state index < -0.39 is 0 Å². The summed E-state index contributed by atoms with van der Waals surface area (Å²) in [6.45, 7) is 5.28. The summed E-state index contributed by atoms with van der Waals surface area (Å²) >= 11 is 7.71. The fourth-order valence-electron chi connectivity index (χ4n) is 2.00. The molecule has 1 aromatic carbocycles. The molecule has 0 atom stereocenters. The summed E-state index contributed by atoms with van der Waals surface area (Å²) in [6.07, 6.45) is 0.880. The third kappa shape index (κ3) is 3.78.